The minimum Gasteiger partial charge on any atom is -0.494 e. The molecule has 1 N–H and O–H groups in total. The molecule has 2 amide bonds. The van der Waals surface area contributed by atoms with Gasteiger partial charge in [-0.25, -0.2) is 0 Å². The van der Waals surface area contributed by atoms with Crippen LogP contribution in [0.5, 0.6) is 5.75 Å². The van der Waals surface area contributed by atoms with E-state index in [0.29, 0.717) is 22.3 Å². The van der Waals surface area contributed by atoms with E-state index in [1.807, 2.05) is 31.2 Å². The van der Waals surface area contributed by atoms with Crippen LogP contribution in [0.2, 0.25) is 10.0 Å². The van der Waals surface area contributed by atoms with Gasteiger partial charge in [0, 0.05) is 13.1 Å². The molecule has 142 valence electrons. The molecule has 0 bridgehead atoms. The number of carbonyl (C=O) groups is 2. The van der Waals surface area contributed by atoms with Gasteiger partial charge in [0.2, 0.25) is 11.8 Å². The molecule has 5 nitrogen and oxygen atoms in total. The lowest BCUT2D eigenvalue weighted by Crippen LogP contribution is -2.34. The van der Waals surface area contributed by atoms with Gasteiger partial charge in [0.1, 0.15) is 5.75 Å². The largest absolute Gasteiger partial charge is 0.494 e. The van der Waals surface area contributed by atoms with Gasteiger partial charge in [-0.1, -0.05) is 41.4 Å². The predicted molar refractivity (Wildman–Crippen MR) is 109 cm³/mol. The van der Waals surface area contributed by atoms with Crippen molar-refractivity contribution in [3.8, 4) is 5.75 Å². The van der Waals surface area contributed by atoms with Crippen LogP contribution in [0, 0.1) is 0 Å². The average Bonchev–Trinajstić information content (AvgIpc) is 2.64. The minimum atomic E-state index is -0.393. The minimum absolute atomic E-state index is 0.131. The lowest BCUT2D eigenvalue weighted by atomic mass is 10.2. The molecule has 0 saturated carbocycles. The molecule has 7 heteroatoms. The van der Waals surface area contributed by atoms with E-state index in [4.69, 9.17) is 27.9 Å². The normalized spacial score (nSPS) is 10.7. The lowest BCUT2D eigenvalue weighted by molar-refractivity contribution is -0.129. The van der Waals surface area contributed by atoms with Gasteiger partial charge in [0.15, 0.2) is 0 Å². The predicted octanol–water partition coefficient (Wildman–Crippen LogP) is 4.50. The Morgan fingerprint density at radius 3 is 2.33 bits per heavy atom. The van der Waals surface area contributed by atoms with Crippen molar-refractivity contribution < 1.29 is 14.3 Å². The Morgan fingerprint density at radius 2 is 1.74 bits per heavy atom. The van der Waals surface area contributed by atoms with E-state index in [0.717, 1.165) is 11.3 Å². The first-order valence-electron chi connectivity index (χ1n) is 8.30. The number of amides is 2. The van der Waals surface area contributed by atoms with Crippen molar-refractivity contribution in [1.29, 1.82) is 0 Å². The fraction of sp³-hybridized carbons (Fsp3) is 0.200. The summed E-state index contributed by atoms with van der Waals surface area (Å²) in [5.41, 5.74) is 1.18. The molecular formula is C20H20Cl2N2O3. The fourth-order valence-corrected chi connectivity index (χ4v) is 2.72. The molecule has 27 heavy (non-hydrogen) atoms. The second-order valence-electron chi connectivity index (χ2n) is 5.67. The number of nitrogens with zero attached hydrogens (tertiary/aromatic N) is 1. The van der Waals surface area contributed by atoms with E-state index >= 15 is 0 Å². The van der Waals surface area contributed by atoms with E-state index in [1.54, 1.807) is 31.3 Å². The van der Waals surface area contributed by atoms with Crippen molar-refractivity contribution in [2.75, 3.05) is 25.5 Å². The zero-order valence-corrected chi connectivity index (χ0v) is 16.6. The summed E-state index contributed by atoms with van der Waals surface area (Å²) in [4.78, 5) is 25.6. The highest BCUT2D eigenvalue weighted by molar-refractivity contribution is 6.39. The van der Waals surface area contributed by atoms with Gasteiger partial charge in [0.05, 0.1) is 28.9 Å². The number of para-hydroxylation sites is 1. The Hall–Kier alpha value is -2.50. The van der Waals surface area contributed by atoms with E-state index < -0.39 is 5.91 Å². The average molecular weight is 407 g/mol. The third-order valence-electron chi connectivity index (χ3n) is 3.59. The van der Waals surface area contributed by atoms with Crippen LogP contribution in [0.3, 0.4) is 0 Å². The molecule has 2 aromatic rings. The molecule has 0 heterocycles. The third-order valence-corrected chi connectivity index (χ3v) is 4.22. The maximum absolute atomic E-state index is 12.2. The number of ether oxygens (including phenoxy) is 1. The van der Waals surface area contributed by atoms with Gasteiger partial charge >= 0.3 is 0 Å². The highest BCUT2D eigenvalue weighted by Gasteiger charge is 2.13. The summed E-state index contributed by atoms with van der Waals surface area (Å²) >= 11 is 12.0. The number of benzene rings is 2. The fourth-order valence-electron chi connectivity index (χ4n) is 2.23. The Labute approximate surface area is 168 Å². The highest BCUT2D eigenvalue weighted by atomic mass is 35.5. The topological polar surface area (TPSA) is 58.6 Å². The first-order chi connectivity index (χ1) is 12.9. The summed E-state index contributed by atoms with van der Waals surface area (Å²) in [6, 6.07) is 12.3. The molecule has 0 aromatic heterocycles. The monoisotopic (exact) mass is 406 g/mol. The SMILES string of the molecule is CCOc1ccc(/C=C/C(=O)N(C)CC(=O)Nc2c(Cl)cccc2Cl)cc1. The summed E-state index contributed by atoms with van der Waals surface area (Å²) in [6.45, 7) is 2.38. The molecule has 0 aliphatic rings. The number of nitrogens with one attached hydrogen (secondary N) is 1. The molecule has 0 fully saturated rings. The Bertz CT molecular complexity index is 815. The maximum atomic E-state index is 12.2. The van der Waals surface area contributed by atoms with E-state index in [9.17, 15) is 9.59 Å². The van der Waals surface area contributed by atoms with Crippen LogP contribution in [0.1, 0.15) is 12.5 Å². The quantitative estimate of drug-likeness (QED) is 0.688. The first kappa shape index (κ1) is 20.8. The maximum Gasteiger partial charge on any atom is 0.246 e. The van der Waals surface area contributed by atoms with E-state index in [2.05, 4.69) is 5.32 Å². The zero-order chi connectivity index (χ0) is 19.8. The van der Waals surface area contributed by atoms with Gasteiger partial charge in [0.25, 0.3) is 0 Å². The number of carbonyl (C=O) groups excluding carboxylic acids is 2. The van der Waals surface area contributed by atoms with Gasteiger partial charge < -0.3 is 15.0 Å². The smallest absolute Gasteiger partial charge is 0.246 e. The van der Waals surface area contributed by atoms with Crippen LogP contribution in [0.4, 0.5) is 5.69 Å². The van der Waals surface area contributed by atoms with Crippen molar-refractivity contribution in [2.24, 2.45) is 0 Å². The van der Waals surface area contributed by atoms with Crippen molar-refractivity contribution in [3.63, 3.8) is 0 Å². The van der Waals surface area contributed by atoms with Crippen LogP contribution in [0.25, 0.3) is 6.08 Å². The van der Waals surface area contributed by atoms with Gasteiger partial charge in [-0.05, 0) is 42.8 Å². The van der Waals surface area contributed by atoms with Crippen LogP contribution >= 0.6 is 23.2 Å². The second-order valence-corrected chi connectivity index (χ2v) is 6.49. The summed E-state index contributed by atoms with van der Waals surface area (Å²) in [5, 5.41) is 3.29. The van der Waals surface area contributed by atoms with E-state index in [1.165, 1.54) is 11.0 Å². The number of halogens is 2. The summed E-state index contributed by atoms with van der Waals surface area (Å²) in [6.07, 6.45) is 3.09. The van der Waals surface area contributed by atoms with Crippen molar-refractivity contribution in [2.45, 2.75) is 6.92 Å². The second kappa shape index (κ2) is 10.00. The molecule has 2 rings (SSSR count). The van der Waals surface area contributed by atoms with Gasteiger partial charge in [-0.2, -0.15) is 0 Å². The summed E-state index contributed by atoms with van der Waals surface area (Å²) < 4.78 is 5.37. The van der Waals surface area contributed by atoms with Gasteiger partial charge in [-0.3, -0.25) is 9.59 Å². The number of anilines is 1. The Morgan fingerprint density at radius 1 is 1.11 bits per heavy atom. The van der Waals surface area contributed by atoms with E-state index in [-0.39, 0.29) is 12.5 Å². The van der Waals surface area contributed by atoms with Crippen molar-refractivity contribution in [3.05, 3.63) is 64.1 Å². The molecule has 0 aliphatic carbocycles. The molecule has 0 saturated heterocycles. The zero-order valence-electron chi connectivity index (χ0n) is 15.0. The lowest BCUT2D eigenvalue weighted by Gasteiger charge is -2.16. The summed E-state index contributed by atoms with van der Waals surface area (Å²) in [5.74, 6) is 0.0765. The van der Waals surface area contributed by atoms with Crippen LogP contribution < -0.4 is 10.1 Å². The molecular weight excluding hydrogens is 387 g/mol. The number of rotatable bonds is 7. The molecule has 0 aliphatic heterocycles. The Balaban J connectivity index is 1.91. The van der Waals surface area contributed by atoms with Crippen LogP contribution in [-0.2, 0) is 9.59 Å². The van der Waals surface area contributed by atoms with Gasteiger partial charge in [-0.15, -0.1) is 0 Å². The highest BCUT2D eigenvalue weighted by Crippen LogP contribution is 2.29. The van der Waals surface area contributed by atoms with Crippen LogP contribution in [-0.4, -0.2) is 36.9 Å². The Kier molecular flexibility index (Phi) is 7.70. The molecule has 2 aromatic carbocycles. The molecule has 0 spiro atoms. The van der Waals surface area contributed by atoms with Crippen molar-refractivity contribution in [1.82, 2.24) is 4.90 Å². The van der Waals surface area contributed by atoms with Crippen molar-refractivity contribution >= 4 is 46.8 Å². The first-order valence-corrected chi connectivity index (χ1v) is 9.06. The number of hydrogen-bond acceptors (Lipinski definition) is 3. The number of hydrogen-bond donors (Lipinski definition) is 1. The summed E-state index contributed by atoms with van der Waals surface area (Å²) in [7, 11) is 1.54. The standard InChI is InChI=1S/C20H20Cl2N2O3/c1-3-27-15-10-7-14(8-11-15)9-12-19(26)24(2)13-18(25)23-20-16(21)5-4-6-17(20)22/h4-12H,3,13H2,1-2H3,(H,23,25)/b12-9+. The number of likely N-dealkylation sites (N-methyl/N-ethyl adjacent to an activating group) is 1. The van der Waals surface area contributed by atoms with Crippen LogP contribution in [0.15, 0.2) is 48.5 Å². The third kappa shape index (κ3) is 6.31. The molecule has 0 atom stereocenters. The molecule has 0 radical (unpaired) electrons. The molecule has 0 unspecified atom stereocenters.